The zero-order chi connectivity index (χ0) is 11.5. The van der Waals surface area contributed by atoms with E-state index < -0.39 is 0 Å². The third-order valence-corrected chi connectivity index (χ3v) is 3.80. The molecule has 0 aromatic carbocycles. The lowest BCUT2D eigenvalue weighted by Crippen LogP contribution is -2.35. The minimum Gasteiger partial charge on any atom is -0.320 e. The Balaban J connectivity index is 2.36. The van der Waals surface area contributed by atoms with Crippen LogP contribution in [-0.4, -0.2) is 38.1 Å². The fourth-order valence-corrected chi connectivity index (χ4v) is 3.12. The summed E-state index contributed by atoms with van der Waals surface area (Å²) < 4.78 is 0. The zero-order valence-corrected chi connectivity index (χ0v) is 11.1. The topological polar surface area (TPSA) is 15.3 Å². The summed E-state index contributed by atoms with van der Waals surface area (Å²) in [6.45, 7) is 9.59. The Kier molecular flexibility index (Phi) is 4.60. The first-order valence-corrected chi connectivity index (χ1v) is 6.31. The summed E-state index contributed by atoms with van der Waals surface area (Å²) in [7, 11) is 4.32. The van der Waals surface area contributed by atoms with Crippen molar-refractivity contribution in [3.05, 3.63) is 0 Å². The minimum atomic E-state index is 0.557. The molecule has 0 heterocycles. The van der Waals surface area contributed by atoms with Crippen molar-refractivity contribution in [3.8, 4) is 0 Å². The molecule has 0 aliphatic heterocycles. The quantitative estimate of drug-likeness (QED) is 0.704. The minimum absolute atomic E-state index is 0.557. The summed E-state index contributed by atoms with van der Waals surface area (Å²) in [5, 5.41) is 3.21. The molecule has 0 bridgehead atoms. The van der Waals surface area contributed by atoms with E-state index >= 15 is 0 Å². The summed E-state index contributed by atoms with van der Waals surface area (Å²) >= 11 is 0. The van der Waals surface area contributed by atoms with E-state index in [1.807, 2.05) is 7.05 Å². The number of rotatable bonds is 5. The zero-order valence-electron chi connectivity index (χ0n) is 11.1. The molecule has 2 nitrogen and oxygen atoms in total. The van der Waals surface area contributed by atoms with Crippen molar-refractivity contribution in [1.29, 1.82) is 0 Å². The highest BCUT2D eigenvalue weighted by atomic mass is 15.1. The summed E-state index contributed by atoms with van der Waals surface area (Å²) in [5.41, 5.74) is 0.557. The average molecular weight is 212 g/mol. The van der Waals surface area contributed by atoms with Gasteiger partial charge in [0.2, 0.25) is 0 Å². The summed E-state index contributed by atoms with van der Waals surface area (Å²) in [6, 6.07) is 0.803. The Hall–Kier alpha value is -0.0800. The van der Waals surface area contributed by atoms with Crippen molar-refractivity contribution >= 4 is 0 Å². The van der Waals surface area contributed by atoms with Crippen molar-refractivity contribution in [2.45, 2.75) is 46.1 Å². The molecule has 2 unspecified atom stereocenters. The molecule has 1 N–H and O–H groups in total. The molecule has 0 amide bonds. The second-order valence-corrected chi connectivity index (χ2v) is 6.05. The Morgan fingerprint density at radius 3 is 2.47 bits per heavy atom. The molecular weight excluding hydrogens is 184 g/mol. The Labute approximate surface area is 95.4 Å². The largest absolute Gasteiger partial charge is 0.320 e. The van der Waals surface area contributed by atoms with Crippen LogP contribution in [0.25, 0.3) is 0 Å². The highest BCUT2D eigenvalue weighted by molar-refractivity contribution is 4.91. The van der Waals surface area contributed by atoms with Gasteiger partial charge in [-0.15, -0.1) is 0 Å². The molecule has 0 radical (unpaired) electrons. The molecule has 1 fully saturated rings. The van der Waals surface area contributed by atoms with Crippen LogP contribution in [0, 0.1) is 11.3 Å². The van der Waals surface area contributed by atoms with Crippen LogP contribution in [0.4, 0.5) is 0 Å². The van der Waals surface area contributed by atoms with E-state index in [2.05, 4.69) is 38.0 Å². The molecule has 1 aliphatic carbocycles. The van der Waals surface area contributed by atoms with E-state index in [4.69, 9.17) is 0 Å². The lowest BCUT2D eigenvalue weighted by atomic mass is 9.91. The Morgan fingerprint density at radius 1 is 1.33 bits per heavy atom. The Morgan fingerprint density at radius 2 is 2.00 bits per heavy atom. The van der Waals surface area contributed by atoms with Gasteiger partial charge < -0.3 is 10.2 Å². The molecule has 0 aromatic rings. The van der Waals surface area contributed by atoms with E-state index in [1.165, 1.54) is 25.8 Å². The van der Waals surface area contributed by atoms with Gasteiger partial charge in [-0.05, 0) is 57.8 Å². The van der Waals surface area contributed by atoms with Gasteiger partial charge in [0.05, 0.1) is 0 Å². The molecule has 90 valence electrons. The molecule has 2 atom stereocenters. The first kappa shape index (κ1) is 13.0. The lowest BCUT2D eigenvalue weighted by molar-refractivity contribution is 0.198. The Bertz CT molecular complexity index is 189. The van der Waals surface area contributed by atoms with Crippen molar-refractivity contribution in [1.82, 2.24) is 10.2 Å². The first-order valence-electron chi connectivity index (χ1n) is 6.31. The smallest absolute Gasteiger partial charge is 0.0123 e. The van der Waals surface area contributed by atoms with Crippen LogP contribution in [0.1, 0.15) is 40.0 Å². The van der Waals surface area contributed by atoms with Gasteiger partial charge in [0.25, 0.3) is 0 Å². The van der Waals surface area contributed by atoms with Crippen molar-refractivity contribution in [2.75, 3.05) is 27.2 Å². The van der Waals surface area contributed by atoms with E-state index in [0.717, 1.165) is 18.5 Å². The van der Waals surface area contributed by atoms with Crippen LogP contribution in [0.5, 0.6) is 0 Å². The number of nitrogens with one attached hydrogen (secondary N) is 1. The highest BCUT2D eigenvalue weighted by Crippen LogP contribution is 2.42. The standard InChI is InChI=1S/C13H28N2/c1-11-9-13(2,3)10-12(11)15(5)8-6-7-14-4/h11-12,14H,6-10H2,1-5H3. The van der Waals surface area contributed by atoms with E-state index in [-0.39, 0.29) is 0 Å². The van der Waals surface area contributed by atoms with Gasteiger partial charge in [-0.3, -0.25) is 0 Å². The lowest BCUT2D eigenvalue weighted by Gasteiger charge is -2.28. The summed E-state index contributed by atoms with van der Waals surface area (Å²) in [6.07, 6.45) is 4.01. The summed E-state index contributed by atoms with van der Waals surface area (Å²) in [5.74, 6) is 0.861. The van der Waals surface area contributed by atoms with E-state index in [9.17, 15) is 0 Å². The second-order valence-electron chi connectivity index (χ2n) is 6.05. The van der Waals surface area contributed by atoms with Crippen LogP contribution in [0.15, 0.2) is 0 Å². The van der Waals surface area contributed by atoms with Crippen LogP contribution < -0.4 is 5.32 Å². The van der Waals surface area contributed by atoms with Crippen LogP contribution in [0.3, 0.4) is 0 Å². The normalized spacial score (nSPS) is 30.0. The van der Waals surface area contributed by atoms with Crippen molar-refractivity contribution in [2.24, 2.45) is 11.3 Å². The number of hydrogen-bond acceptors (Lipinski definition) is 2. The maximum Gasteiger partial charge on any atom is 0.0123 e. The number of hydrogen-bond donors (Lipinski definition) is 1. The van der Waals surface area contributed by atoms with Crippen LogP contribution in [-0.2, 0) is 0 Å². The average Bonchev–Trinajstić information content (AvgIpc) is 2.40. The maximum atomic E-state index is 3.21. The number of nitrogens with zero attached hydrogens (tertiary/aromatic N) is 1. The molecule has 0 saturated heterocycles. The first-order chi connectivity index (χ1) is 6.96. The molecule has 1 aliphatic rings. The molecule has 2 heteroatoms. The molecule has 1 saturated carbocycles. The van der Waals surface area contributed by atoms with Gasteiger partial charge in [0.15, 0.2) is 0 Å². The van der Waals surface area contributed by atoms with E-state index in [1.54, 1.807) is 0 Å². The van der Waals surface area contributed by atoms with E-state index in [0.29, 0.717) is 5.41 Å². The monoisotopic (exact) mass is 212 g/mol. The molecule has 0 spiro atoms. The van der Waals surface area contributed by atoms with Gasteiger partial charge >= 0.3 is 0 Å². The SMILES string of the molecule is CNCCCN(C)C1CC(C)(C)CC1C. The highest BCUT2D eigenvalue weighted by Gasteiger charge is 2.38. The fourth-order valence-electron chi connectivity index (χ4n) is 3.12. The molecule has 1 rings (SSSR count). The van der Waals surface area contributed by atoms with Crippen LogP contribution in [0.2, 0.25) is 0 Å². The molecule has 0 aromatic heterocycles. The van der Waals surface area contributed by atoms with Gasteiger partial charge in [-0.25, -0.2) is 0 Å². The van der Waals surface area contributed by atoms with Crippen molar-refractivity contribution < 1.29 is 0 Å². The van der Waals surface area contributed by atoms with Crippen LogP contribution >= 0.6 is 0 Å². The summed E-state index contributed by atoms with van der Waals surface area (Å²) in [4.78, 5) is 2.57. The fraction of sp³-hybridized carbons (Fsp3) is 1.00. The third kappa shape index (κ3) is 3.76. The van der Waals surface area contributed by atoms with Gasteiger partial charge in [0, 0.05) is 6.04 Å². The van der Waals surface area contributed by atoms with Crippen molar-refractivity contribution in [3.63, 3.8) is 0 Å². The van der Waals surface area contributed by atoms with Gasteiger partial charge in [-0.2, -0.15) is 0 Å². The van der Waals surface area contributed by atoms with Gasteiger partial charge in [-0.1, -0.05) is 20.8 Å². The maximum absolute atomic E-state index is 3.21. The predicted molar refractivity (Wildman–Crippen MR) is 67.1 cm³/mol. The molecule has 15 heavy (non-hydrogen) atoms. The predicted octanol–water partition coefficient (Wildman–Crippen LogP) is 2.35. The van der Waals surface area contributed by atoms with Gasteiger partial charge in [0.1, 0.15) is 0 Å². The molecular formula is C13H28N2. The third-order valence-electron chi connectivity index (χ3n) is 3.80. The second kappa shape index (κ2) is 5.31.